The molecule has 0 aromatic carbocycles. The van der Waals surface area contributed by atoms with E-state index in [2.05, 4.69) is 40.7 Å². The minimum absolute atomic E-state index is 0.109. The minimum atomic E-state index is -1.13. The molecule has 0 spiro atoms. The van der Waals surface area contributed by atoms with E-state index in [4.69, 9.17) is 4.74 Å². The van der Waals surface area contributed by atoms with Crippen LogP contribution < -0.4 is 0 Å². The third-order valence-electron chi connectivity index (χ3n) is 11.0. The van der Waals surface area contributed by atoms with Crippen molar-refractivity contribution in [1.82, 2.24) is 0 Å². The molecule has 4 heteroatoms. The molecular weight excluding hydrogens is 388 g/mol. The summed E-state index contributed by atoms with van der Waals surface area (Å²) >= 11 is 0. The lowest BCUT2D eigenvalue weighted by Gasteiger charge is -2.61. The molecule has 4 aliphatic carbocycles. The normalized spacial score (nSPS) is 58.8. The predicted molar refractivity (Wildman–Crippen MR) is 121 cm³/mol. The van der Waals surface area contributed by atoms with Crippen molar-refractivity contribution in [3.8, 4) is 0 Å². The van der Waals surface area contributed by atoms with Crippen LogP contribution in [0, 0.1) is 52.3 Å². The van der Waals surface area contributed by atoms with Crippen molar-refractivity contribution < 1.29 is 20.1 Å². The van der Waals surface area contributed by atoms with Gasteiger partial charge in [0.1, 0.15) is 0 Å². The van der Waals surface area contributed by atoms with Crippen molar-refractivity contribution in [2.75, 3.05) is 0 Å². The molecule has 5 fully saturated rings. The average Bonchev–Trinajstić information content (AvgIpc) is 3.12. The van der Waals surface area contributed by atoms with Gasteiger partial charge in [0.05, 0.1) is 18.3 Å². The van der Waals surface area contributed by atoms with E-state index in [-0.39, 0.29) is 22.9 Å². The summed E-state index contributed by atoms with van der Waals surface area (Å²) < 4.78 is 6.43. The summed E-state index contributed by atoms with van der Waals surface area (Å²) in [5.41, 5.74) is 0.366. The number of allylic oxidation sites excluding steroid dienone is 1. The summed E-state index contributed by atoms with van der Waals surface area (Å²) in [6.07, 6.45) is 10.5. The van der Waals surface area contributed by atoms with E-state index in [0.717, 1.165) is 19.3 Å². The Labute approximate surface area is 188 Å². The van der Waals surface area contributed by atoms with Gasteiger partial charge in [-0.05, 0) is 97.4 Å². The monoisotopic (exact) mass is 432 g/mol. The molecule has 7 unspecified atom stereocenters. The van der Waals surface area contributed by atoms with Crippen LogP contribution in [0.25, 0.3) is 0 Å². The summed E-state index contributed by atoms with van der Waals surface area (Å²) in [5, 5.41) is 32.1. The first-order chi connectivity index (χ1) is 14.5. The lowest BCUT2D eigenvalue weighted by molar-refractivity contribution is -0.187. The Hall–Kier alpha value is -0.420. The number of hydrogen-bond donors (Lipinski definition) is 3. The average molecular weight is 433 g/mol. The van der Waals surface area contributed by atoms with Crippen LogP contribution in [0.5, 0.6) is 0 Å². The van der Waals surface area contributed by atoms with E-state index in [1.165, 1.54) is 25.7 Å². The summed E-state index contributed by atoms with van der Waals surface area (Å²) in [7, 11) is 0. The first-order valence-corrected chi connectivity index (χ1v) is 13.0. The van der Waals surface area contributed by atoms with E-state index in [9.17, 15) is 15.3 Å². The largest absolute Gasteiger partial charge is 0.390 e. The molecule has 0 aromatic heterocycles. The van der Waals surface area contributed by atoms with Crippen molar-refractivity contribution in [3.05, 3.63) is 12.2 Å². The number of aliphatic hydroxyl groups is 3. The maximum Gasteiger partial charge on any atom is 0.188 e. The highest BCUT2D eigenvalue weighted by Gasteiger charge is 2.68. The van der Waals surface area contributed by atoms with Crippen molar-refractivity contribution >= 4 is 0 Å². The molecule has 4 nitrogen and oxygen atoms in total. The summed E-state index contributed by atoms with van der Waals surface area (Å²) in [4.78, 5) is 0. The Kier molecular flexibility index (Phi) is 5.26. The molecule has 1 saturated heterocycles. The van der Waals surface area contributed by atoms with Crippen LogP contribution in [-0.2, 0) is 4.74 Å². The third kappa shape index (κ3) is 3.15. The minimum Gasteiger partial charge on any atom is -0.390 e. The van der Waals surface area contributed by atoms with Crippen molar-refractivity contribution in [1.29, 1.82) is 0 Å². The fourth-order valence-electron chi connectivity index (χ4n) is 9.45. The Balaban J connectivity index is 1.40. The quantitative estimate of drug-likeness (QED) is 0.561. The van der Waals surface area contributed by atoms with Crippen LogP contribution in [0.3, 0.4) is 0 Å². The second kappa shape index (κ2) is 7.29. The molecule has 176 valence electrons. The van der Waals surface area contributed by atoms with Gasteiger partial charge in [-0.3, -0.25) is 0 Å². The third-order valence-corrected chi connectivity index (χ3v) is 11.0. The van der Waals surface area contributed by atoms with Crippen LogP contribution in [0.4, 0.5) is 0 Å². The predicted octanol–water partition coefficient (Wildman–Crippen LogP) is 4.52. The summed E-state index contributed by atoms with van der Waals surface area (Å²) in [6.45, 7) is 11.4. The highest BCUT2D eigenvalue weighted by molar-refractivity contribution is 5.17. The van der Waals surface area contributed by atoms with Crippen LogP contribution in [0.2, 0.25) is 0 Å². The molecule has 5 aliphatic rings. The topological polar surface area (TPSA) is 69.9 Å². The molecule has 12 atom stereocenters. The van der Waals surface area contributed by atoms with Gasteiger partial charge >= 0.3 is 0 Å². The Morgan fingerprint density at radius 3 is 2.42 bits per heavy atom. The van der Waals surface area contributed by atoms with Crippen LogP contribution >= 0.6 is 0 Å². The van der Waals surface area contributed by atoms with Gasteiger partial charge in [0.25, 0.3) is 0 Å². The SMILES string of the molecule is CC(C)/C=C/C1(O)OC2CC3C4CC[C@H]5C[C@@H](O)[C@H](O)C[C@]5(C)C4CC[C@]3(C)C2C1C. The van der Waals surface area contributed by atoms with Gasteiger partial charge in [0.15, 0.2) is 5.79 Å². The van der Waals surface area contributed by atoms with Crippen LogP contribution in [-0.4, -0.2) is 39.4 Å². The molecule has 31 heavy (non-hydrogen) atoms. The summed E-state index contributed by atoms with van der Waals surface area (Å²) in [5.74, 6) is 2.30. The molecule has 4 saturated carbocycles. The molecule has 0 aromatic rings. The van der Waals surface area contributed by atoms with Gasteiger partial charge in [-0.1, -0.05) is 40.7 Å². The van der Waals surface area contributed by atoms with Gasteiger partial charge < -0.3 is 20.1 Å². The fraction of sp³-hybridized carbons (Fsp3) is 0.926. The number of ether oxygens (including phenoxy) is 1. The number of fused-ring (bicyclic) bond motifs is 7. The maximum absolute atomic E-state index is 11.3. The van der Waals surface area contributed by atoms with Crippen molar-refractivity contribution in [3.63, 3.8) is 0 Å². The van der Waals surface area contributed by atoms with E-state index in [1.54, 1.807) is 0 Å². The zero-order valence-corrected chi connectivity index (χ0v) is 20.1. The van der Waals surface area contributed by atoms with E-state index in [1.807, 2.05) is 6.08 Å². The van der Waals surface area contributed by atoms with E-state index < -0.39 is 18.0 Å². The van der Waals surface area contributed by atoms with Crippen LogP contribution in [0.15, 0.2) is 12.2 Å². The summed E-state index contributed by atoms with van der Waals surface area (Å²) in [6, 6.07) is 0. The van der Waals surface area contributed by atoms with E-state index >= 15 is 0 Å². The fourth-order valence-corrected chi connectivity index (χ4v) is 9.45. The lowest BCUT2D eigenvalue weighted by Crippen LogP contribution is -2.57. The van der Waals surface area contributed by atoms with Gasteiger partial charge in [0.2, 0.25) is 0 Å². The van der Waals surface area contributed by atoms with Gasteiger partial charge in [-0.25, -0.2) is 0 Å². The standard InChI is InChI=1S/C27H44O4/c1-15(2)8-11-27(30)16(3)24-23(31-27)13-20-18-7-6-17-12-21(28)22(29)14-26(17,5)19(18)9-10-25(20,24)4/h8,11,15-24,28-30H,6-7,9-10,12-14H2,1-5H3/b11-8+/t16?,17-,18?,19?,20?,21+,22+,23?,24?,25-,26-,27?/m0/s1. The second-order valence-electron chi connectivity index (χ2n) is 12.8. The number of hydrogen-bond acceptors (Lipinski definition) is 4. The first-order valence-electron chi connectivity index (χ1n) is 13.0. The van der Waals surface area contributed by atoms with Crippen molar-refractivity contribution in [2.45, 2.75) is 104 Å². The van der Waals surface area contributed by atoms with E-state index in [0.29, 0.717) is 35.5 Å². The Morgan fingerprint density at radius 2 is 1.71 bits per heavy atom. The zero-order valence-electron chi connectivity index (χ0n) is 20.1. The lowest BCUT2D eigenvalue weighted by atomic mass is 9.44. The van der Waals surface area contributed by atoms with Gasteiger partial charge in [-0.2, -0.15) is 0 Å². The maximum atomic E-state index is 11.3. The number of rotatable bonds is 2. The highest BCUT2D eigenvalue weighted by atomic mass is 16.6. The van der Waals surface area contributed by atoms with Gasteiger partial charge in [-0.15, -0.1) is 0 Å². The molecule has 0 bridgehead atoms. The molecule has 5 rings (SSSR count). The van der Waals surface area contributed by atoms with Crippen molar-refractivity contribution in [2.24, 2.45) is 52.3 Å². The highest BCUT2D eigenvalue weighted by Crippen LogP contribution is 2.70. The first kappa shape index (κ1) is 22.4. The Morgan fingerprint density at radius 1 is 0.968 bits per heavy atom. The molecular formula is C27H44O4. The molecule has 1 heterocycles. The number of aliphatic hydroxyl groups excluding tert-OH is 2. The molecule has 0 radical (unpaired) electrons. The van der Waals surface area contributed by atoms with Gasteiger partial charge in [0, 0.05) is 5.92 Å². The second-order valence-corrected chi connectivity index (χ2v) is 12.8. The van der Waals surface area contributed by atoms with Crippen LogP contribution in [0.1, 0.15) is 79.6 Å². The smallest absolute Gasteiger partial charge is 0.188 e. The molecule has 1 aliphatic heterocycles. The molecule has 3 N–H and O–H groups in total. The Bertz CT molecular complexity index is 735. The zero-order chi connectivity index (χ0) is 22.3. The molecule has 0 amide bonds.